The quantitative estimate of drug-likeness (QED) is 0.102. The number of hydrogen-bond acceptors (Lipinski definition) is 8. The molecule has 34 heavy (non-hydrogen) atoms. The van der Waals surface area contributed by atoms with Gasteiger partial charge in [-0.3, -0.25) is 28.8 Å². The standard InChI is InChI=1S/C20H37N7O7/c1-10(22)16(29)26-14(7-8-15(23)28)19(32)27-13(6-4-5-9-21)18(31)24-11(2)17(30)25-12(3)20(33)34/h10-14H,4-9,21-22H2,1-3H3,(H2,23,28)(H,24,31)(H,25,30)(H,26,29)(H,27,32)(H,33,34)/t10?,11-,12-,13+,14-/m1/s1. The molecule has 0 radical (unpaired) electrons. The Balaban J connectivity index is 5.40. The van der Waals surface area contributed by atoms with Crippen molar-refractivity contribution in [1.82, 2.24) is 21.3 Å². The SMILES string of the molecule is CC(N)C(=O)N[C@H](CCC(N)=O)C(=O)N[C@@H](CCCCN)C(=O)N[C@H](C)C(=O)N[C@H](C)C(=O)O. The number of carboxylic acid groups (broad SMARTS) is 1. The highest BCUT2D eigenvalue weighted by atomic mass is 16.4. The van der Waals surface area contributed by atoms with Crippen molar-refractivity contribution in [3.05, 3.63) is 0 Å². The summed E-state index contributed by atoms with van der Waals surface area (Å²) in [4.78, 5) is 71.8. The Hall–Kier alpha value is -3.26. The average molecular weight is 488 g/mol. The van der Waals surface area contributed by atoms with Crippen LogP contribution >= 0.6 is 0 Å². The van der Waals surface area contributed by atoms with Gasteiger partial charge in [-0.1, -0.05) is 0 Å². The number of primary amides is 1. The molecule has 0 spiro atoms. The maximum atomic E-state index is 12.8. The van der Waals surface area contributed by atoms with E-state index in [1.165, 1.54) is 20.8 Å². The second-order valence-corrected chi connectivity index (χ2v) is 8.00. The van der Waals surface area contributed by atoms with Crippen molar-refractivity contribution in [2.75, 3.05) is 6.54 Å². The summed E-state index contributed by atoms with van der Waals surface area (Å²) in [5, 5.41) is 18.5. The monoisotopic (exact) mass is 487 g/mol. The van der Waals surface area contributed by atoms with Gasteiger partial charge in [0.25, 0.3) is 0 Å². The van der Waals surface area contributed by atoms with E-state index in [4.69, 9.17) is 22.3 Å². The average Bonchev–Trinajstić information content (AvgIpc) is 2.74. The van der Waals surface area contributed by atoms with Gasteiger partial charge in [0.2, 0.25) is 29.5 Å². The summed E-state index contributed by atoms with van der Waals surface area (Å²) in [7, 11) is 0. The normalized spacial score (nSPS) is 15.1. The summed E-state index contributed by atoms with van der Waals surface area (Å²) in [6.45, 7) is 4.41. The molecule has 0 aliphatic rings. The summed E-state index contributed by atoms with van der Waals surface area (Å²) in [6, 6.07) is -5.43. The van der Waals surface area contributed by atoms with E-state index < -0.39 is 65.7 Å². The molecule has 0 aliphatic carbocycles. The smallest absolute Gasteiger partial charge is 0.325 e. The number of unbranched alkanes of at least 4 members (excludes halogenated alkanes) is 1. The Kier molecular flexibility index (Phi) is 14.1. The highest BCUT2D eigenvalue weighted by molar-refractivity contribution is 5.95. The molecule has 0 saturated carbocycles. The van der Waals surface area contributed by atoms with Crippen LogP contribution in [0, 0.1) is 0 Å². The van der Waals surface area contributed by atoms with Crippen LogP contribution in [0.25, 0.3) is 0 Å². The van der Waals surface area contributed by atoms with Crippen LogP contribution in [0.4, 0.5) is 0 Å². The number of carbonyl (C=O) groups excluding carboxylic acids is 5. The molecule has 0 aromatic rings. The predicted octanol–water partition coefficient (Wildman–Crippen LogP) is -3.21. The van der Waals surface area contributed by atoms with Crippen molar-refractivity contribution in [3.63, 3.8) is 0 Å². The molecule has 0 bridgehead atoms. The lowest BCUT2D eigenvalue weighted by molar-refractivity contribution is -0.141. The van der Waals surface area contributed by atoms with Crippen molar-refractivity contribution in [2.24, 2.45) is 17.2 Å². The number of carboxylic acids is 1. The minimum Gasteiger partial charge on any atom is -0.480 e. The lowest BCUT2D eigenvalue weighted by Gasteiger charge is -2.25. The van der Waals surface area contributed by atoms with Crippen LogP contribution in [0.15, 0.2) is 0 Å². The molecule has 194 valence electrons. The van der Waals surface area contributed by atoms with Gasteiger partial charge in [0.15, 0.2) is 0 Å². The molecule has 0 aromatic carbocycles. The van der Waals surface area contributed by atoms with Crippen molar-refractivity contribution < 1.29 is 33.9 Å². The fourth-order valence-corrected chi connectivity index (χ4v) is 2.67. The highest BCUT2D eigenvalue weighted by Gasteiger charge is 2.29. The minimum atomic E-state index is -1.24. The van der Waals surface area contributed by atoms with E-state index in [0.717, 1.165) is 0 Å². The van der Waals surface area contributed by atoms with Crippen LogP contribution in [-0.2, 0) is 28.8 Å². The number of nitrogens with two attached hydrogens (primary N) is 3. The van der Waals surface area contributed by atoms with Gasteiger partial charge in [-0.05, 0) is 53.0 Å². The highest BCUT2D eigenvalue weighted by Crippen LogP contribution is 2.05. The van der Waals surface area contributed by atoms with Crippen LogP contribution in [0.2, 0.25) is 0 Å². The zero-order valence-electron chi connectivity index (χ0n) is 19.8. The third-order valence-electron chi connectivity index (χ3n) is 4.79. The summed E-state index contributed by atoms with van der Waals surface area (Å²) in [6.07, 6.45) is 0.920. The Labute approximate surface area is 198 Å². The molecule has 11 N–H and O–H groups in total. The number of hydrogen-bond donors (Lipinski definition) is 8. The molecule has 14 nitrogen and oxygen atoms in total. The first-order chi connectivity index (χ1) is 15.8. The van der Waals surface area contributed by atoms with E-state index in [1.807, 2.05) is 0 Å². The molecule has 5 amide bonds. The van der Waals surface area contributed by atoms with Gasteiger partial charge >= 0.3 is 5.97 Å². The topological polar surface area (TPSA) is 249 Å². The molecular formula is C20H37N7O7. The van der Waals surface area contributed by atoms with Crippen molar-refractivity contribution in [2.45, 2.75) is 83.1 Å². The minimum absolute atomic E-state index is 0.108. The fourth-order valence-electron chi connectivity index (χ4n) is 2.67. The Morgan fingerprint density at radius 1 is 0.735 bits per heavy atom. The molecule has 1 unspecified atom stereocenters. The van der Waals surface area contributed by atoms with Gasteiger partial charge in [-0.15, -0.1) is 0 Å². The first-order valence-corrected chi connectivity index (χ1v) is 11.0. The van der Waals surface area contributed by atoms with Crippen molar-refractivity contribution in [3.8, 4) is 0 Å². The summed E-state index contributed by atoms with van der Waals surface area (Å²) < 4.78 is 0. The van der Waals surface area contributed by atoms with Gasteiger partial charge in [-0.25, -0.2) is 0 Å². The van der Waals surface area contributed by atoms with E-state index in [1.54, 1.807) is 0 Å². The van der Waals surface area contributed by atoms with Crippen LogP contribution in [0.3, 0.4) is 0 Å². The number of aliphatic carboxylic acids is 1. The summed E-state index contributed by atoms with van der Waals surface area (Å²) in [5.74, 6) is -4.71. The molecule has 0 fully saturated rings. The third-order valence-corrected chi connectivity index (χ3v) is 4.79. The number of amides is 5. The van der Waals surface area contributed by atoms with E-state index in [9.17, 15) is 28.8 Å². The molecular weight excluding hydrogens is 450 g/mol. The van der Waals surface area contributed by atoms with E-state index in [0.29, 0.717) is 19.4 Å². The van der Waals surface area contributed by atoms with Crippen LogP contribution in [0.1, 0.15) is 52.9 Å². The molecule has 14 heteroatoms. The largest absolute Gasteiger partial charge is 0.480 e. The van der Waals surface area contributed by atoms with Crippen molar-refractivity contribution >= 4 is 35.5 Å². The van der Waals surface area contributed by atoms with Crippen LogP contribution in [-0.4, -0.2) is 77.4 Å². The lowest BCUT2D eigenvalue weighted by atomic mass is 10.1. The molecule has 0 rings (SSSR count). The van der Waals surface area contributed by atoms with Gasteiger partial charge in [-0.2, -0.15) is 0 Å². The second kappa shape index (κ2) is 15.6. The van der Waals surface area contributed by atoms with E-state index >= 15 is 0 Å². The van der Waals surface area contributed by atoms with Crippen molar-refractivity contribution in [1.29, 1.82) is 0 Å². The molecule has 0 saturated heterocycles. The molecule has 0 heterocycles. The number of nitrogens with one attached hydrogen (secondary N) is 4. The van der Waals surface area contributed by atoms with E-state index in [2.05, 4.69) is 21.3 Å². The molecule has 5 atom stereocenters. The Morgan fingerprint density at radius 2 is 1.24 bits per heavy atom. The lowest BCUT2D eigenvalue weighted by Crippen LogP contribution is -2.57. The Bertz CT molecular complexity index is 745. The van der Waals surface area contributed by atoms with Gasteiger partial charge < -0.3 is 43.6 Å². The van der Waals surface area contributed by atoms with Gasteiger partial charge in [0.1, 0.15) is 24.2 Å². The molecule has 0 aliphatic heterocycles. The zero-order valence-corrected chi connectivity index (χ0v) is 19.8. The van der Waals surface area contributed by atoms with Crippen LogP contribution in [0.5, 0.6) is 0 Å². The maximum absolute atomic E-state index is 12.8. The number of carbonyl (C=O) groups is 6. The summed E-state index contributed by atoms with van der Waals surface area (Å²) >= 11 is 0. The van der Waals surface area contributed by atoms with Gasteiger partial charge in [0, 0.05) is 6.42 Å². The second-order valence-electron chi connectivity index (χ2n) is 8.00. The predicted molar refractivity (Wildman–Crippen MR) is 122 cm³/mol. The maximum Gasteiger partial charge on any atom is 0.325 e. The number of rotatable bonds is 16. The fraction of sp³-hybridized carbons (Fsp3) is 0.700. The Morgan fingerprint density at radius 3 is 1.74 bits per heavy atom. The first-order valence-electron chi connectivity index (χ1n) is 11.0. The summed E-state index contributed by atoms with van der Waals surface area (Å²) in [5.41, 5.74) is 16.2. The van der Waals surface area contributed by atoms with Crippen LogP contribution < -0.4 is 38.5 Å². The third kappa shape index (κ3) is 12.1. The molecule has 0 aromatic heterocycles. The first kappa shape index (κ1) is 30.7. The van der Waals surface area contributed by atoms with E-state index in [-0.39, 0.29) is 19.3 Å². The van der Waals surface area contributed by atoms with Gasteiger partial charge in [0.05, 0.1) is 6.04 Å². The zero-order chi connectivity index (χ0) is 26.4.